The summed E-state index contributed by atoms with van der Waals surface area (Å²) in [6.07, 6.45) is 23.2. The summed E-state index contributed by atoms with van der Waals surface area (Å²) in [7, 11) is 0. The number of amides is 12. The number of unbranched alkanes of at least 4 members (excludes halogenated alkanes) is 16. The number of fused-ring (bicyclic) bond motifs is 3. The zero-order valence-electron chi connectivity index (χ0n) is 74.3. The molecule has 2 bridgehead atoms. The van der Waals surface area contributed by atoms with Gasteiger partial charge < -0.3 is 79.6 Å². The number of Topliss-reactive ketones (excluding diaryl/α,β-unsaturated/α-hetero) is 1. The van der Waals surface area contributed by atoms with Crippen LogP contribution in [0, 0.1) is 17.8 Å². The van der Waals surface area contributed by atoms with Crippen molar-refractivity contribution >= 4 is 76.7 Å². The van der Waals surface area contributed by atoms with E-state index in [0.29, 0.717) is 101 Å². The van der Waals surface area contributed by atoms with E-state index < -0.39 is 149 Å². The summed E-state index contributed by atoms with van der Waals surface area (Å²) in [6.45, 7) is 10.2. The van der Waals surface area contributed by atoms with Crippen LogP contribution in [0.15, 0.2) is 104 Å². The summed E-state index contributed by atoms with van der Waals surface area (Å²) in [5.41, 5.74) is 12.0. The van der Waals surface area contributed by atoms with Gasteiger partial charge in [-0.15, -0.1) is 0 Å². The lowest BCUT2D eigenvalue weighted by Crippen LogP contribution is -2.63. The largest absolute Gasteiger partial charge is 0.393 e. The monoisotopic (exact) mass is 1720 g/mol. The fraction of sp³-hybridized carbons (Fsp3) is 0.642. The molecule has 29 heteroatoms. The average molecular weight is 1720 g/mol. The number of nitrogens with zero attached hydrogens (tertiary/aromatic N) is 2. The molecule has 12 atom stereocenters. The fourth-order valence-corrected chi connectivity index (χ4v) is 17.5. The first-order valence-electron chi connectivity index (χ1n) is 46.4. The Bertz CT molecular complexity index is 3910. The number of primary amides is 1. The van der Waals surface area contributed by atoms with Gasteiger partial charge in [0.15, 0.2) is 5.78 Å². The Labute approximate surface area is 734 Å². The Kier molecular flexibility index (Phi) is 45.2. The van der Waals surface area contributed by atoms with Crippen molar-refractivity contribution in [2.24, 2.45) is 29.2 Å². The number of aromatic amines is 1. The molecule has 0 spiro atoms. The zero-order valence-corrected chi connectivity index (χ0v) is 74.3. The van der Waals surface area contributed by atoms with Crippen molar-refractivity contribution in [3.63, 3.8) is 0 Å². The van der Waals surface area contributed by atoms with Crippen molar-refractivity contribution in [3.8, 4) is 0 Å². The molecular formula is C95H145N15O14. The van der Waals surface area contributed by atoms with Gasteiger partial charge in [-0.3, -0.25) is 62.3 Å². The second-order valence-corrected chi connectivity index (χ2v) is 34.9. The number of carbonyl (C=O) groups excluding carboxylic acids is 13. The molecule has 4 heterocycles. The number of H-pyrrole nitrogens is 1. The highest BCUT2D eigenvalue weighted by molar-refractivity contribution is 6.03. The molecular weight excluding hydrogens is 1580 g/mol. The first-order valence-corrected chi connectivity index (χ1v) is 46.4. The second-order valence-electron chi connectivity index (χ2n) is 34.9. The lowest BCUT2D eigenvalue weighted by Gasteiger charge is -2.38. The molecule has 3 aliphatic heterocycles. The number of ketones is 1. The number of imidazole rings is 1. The third kappa shape index (κ3) is 34.2. The van der Waals surface area contributed by atoms with Gasteiger partial charge in [0, 0.05) is 87.9 Å². The van der Waals surface area contributed by atoms with Gasteiger partial charge in [-0.05, 0) is 132 Å². The topological polar surface area (TPSA) is 446 Å². The average Bonchev–Trinajstić information content (AvgIpc) is 1.59. The molecule has 0 aliphatic carbocycles. The number of hydrogen-bond donors (Lipinski definition) is 14. The summed E-state index contributed by atoms with van der Waals surface area (Å²) in [5.74, 6) is -11.2. The van der Waals surface area contributed by atoms with Gasteiger partial charge in [0.25, 0.3) is 0 Å². The number of benzene rings is 3. The van der Waals surface area contributed by atoms with Crippen LogP contribution in [0.2, 0.25) is 0 Å². The Morgan fingerprint density at radius 3 is 1.76 bits per heavy atom. The smallest absolute Gasteiger partial charge is 0.246 e. The van der Waals surface area contributed by atoms with Crippen LogP contribution in [0.25, 0.3) is 0 Å². The molecule has 3 fully saturated rings. The summed E-state index contributed by atoms with van der Waals surface area (Å²) >= 11 is 0. The number of aliphatic hydroxyl groups excluding tert-OH is 1. The van der Waals surface area contributed by atoms with Gasteiger partial charge in [-0.25, -0.2) is 4.98 Å². The van der Waals surface area contributed by atoms with Gasteiger partial charge in [-0.1, -0.05) is 228 Å². The third-order valence-electron chi connectivity index (χ3n) is 24.4. The van der Waals surface area contributed by atoms with E-state index in [1.54, 1.807) is 43.3 Å². The first-order chi connectivity index (χ1) is 59.9. The zero-order chi connectivity index (χ0) is 89.6. The number of carbonyl (C=O) groups is 13. The lowest BCUT2D eigenvalue weighted by atomic mass is 9.76. The van der Waals surface area contributed by atoms with Crippen molar-refractivity contribution in [3.05, 3.63) is 126 Å². The van der Waals surface area contributed by atoms with Crippen LogP contribution in [0.4, 0.5) is 0 Å². The highest BCUT2D eigenvalue weighted by Gasteiger charge is 2.58. The second kappa shape index (κ2) is 55.4. The van der Waals surface area contributed by atoms with Crippen molar-refractivity contribution < 1.29 is 67.4 Å². The van der Waals surface area contributed by atoms with Gasteiger partial charge in [0.2, 0.25) is 70.9 Å². The minimum absolute atomic E-state index is 0.00884. The number of hydrogen-bond acceptors (Lipinski definition) is 16. The number of aliphatic hydroxyl groups is 1. The molecule has 0 unspecified atom stereocenters. The maximum atomic E-state index is 16.3. The summed E-state index contributed by atoms with van der Waals surface area (Å²) in [4.78, 5) is 199. The molecule has 3 saturated heterocycles. The number of nitrogens with two attached hydrogens (primary N) is 2. The van der Waals surface area contributed by atoms with E-state index in [1.165, 1.54) is 88.6 Å². The van der Waals surface area contributed by atoms with Crippen molar-refractivity contribution in [1.29, 1.82) is 0 Å². The van der Waals surface area contributed by atoms with E-state index in [4.69, 9.17) is 11.5 Å². The van der Waals surface area contributed by atoms with E-state index in [1.807, 2.05) is 68.4 Å². The van der Waals surface area contributed by atoms with Crippen LogP contribution in [-0.4, -0.2) is 183 Å². The van der Waals surface area contributed by atoms with Crippen molar-refractivity contribution in [2.75, 3.05) is 26.2 Å². The maximum Gasteiger partial charge on any atom is 0.246 e. The SMILES string of the molecule is CCCCCCCCCCCCCCCC(=O)NCCCCCC(=O)NCCCC[C@@]12NC(=O)[C@@H]3CCCN3C(=O)[C@H](C(c3ccccc3)c3ccccc3)NC(=O)[C@H](Cc3cnc[nH]3)NC(=O)[C@H]([C@@H](C)O)CC(=O)[C@@H](NC(=O)CC(C)C)CCCCCC[C@@H](C(=O)N[C@H](CC(=O)N[C@H](CCCCN)C(N)=O)Cc3ccccc3)NC(=O)[C@@H](NC1=O)[C@@H]2CC. The maximum absolute atomic E-state index is 16.3. The predicted molar refractivity (Wildman–Crippen MR) is 477 cm³/mol. The van der Waals surface area contributed by atoms with Gasteiger partial charge in [-0.2, -0.15) is 0 Å². The Balaban J connectivity index is 1.19. The van der Waals surface area contributed by atoms with E-state index in [9.17, 15) is 38.7 Å². The van der Waals surface area contributed by atoms with Gasteiger partial charge in [0.1, 0.15) is 41.8 Å². The van der Waals surface area contributed by atoms with Crippen LogP contribution in [0.3, 0.4) is 0 Å². The van der Waals surface area contributed by atoms with Gasteiger partial charge >= 0.3 is 0 Å². The predicted octanol–water partition coefficient (Wildman–Crippen LogP) is 9.11. The fourth-order valence-electron chi connectivity index (χ4n) is 17.5. The molecule has 7 rings (SSSR count). The minimum atomic E-state index is -1.86. The molecule has 12 amide bonds. The van der Waals surface area contributed by atoms with Crippen LogP contribution in [-0.2, 0) is 75.2 Å². The summed E-state index contributed by atoms with van der Waals surface area (Å²) in [6, 6.07) is 17.0. The molecule has 0 saturated carbocycles. The quantitative estimate of drug-likeness (QED) is 0.0183. The Morgan fingerprint density at radius 1 is 0.597 bits per heavy atom. The van der Waals surface area contributed by atoms with Crippen LogP contribution in [0.1, 0.15) is 294 Å². The molecule has 684 valence electrons. The highest BCUT2D eigenvalue weighted by atomic mass is 16.3. The number of nitrogens with one attached hydrogen (secondary N) is 11. The van der Waals surface area contributed by atoms with Crippen molar-refractivity contribution in [1.82, 2.24) is 68.0 Å². The Hall–Kier alpha value is -9.90. The highest BCUT2D eigenvalue weighted by Crippen LogP contribution is 2.38. The molecule has 124 heavy (non-hydrogen) atoms. The van der Waals surface area contributed by atoms with Crippen LogP contribution < -0.4 is 64.6 Å². The van der Waals surface area contributed by atoms with E-state index in [0.717, 1.165) is 31.2 Å². The third-order valence-corrected chi connectivity index (χ3v) is 24.4. The Morgan fingerprint density at radius 2 is 1.19 bits per heavy atom. The van der Waals surface area contributed by atoms with Gasteiger partial charge in [0.05, 0.1) is 24.4 Å². The summed E-state index contributed by atoms with van der Waals surface area (Å²) < 4.78 is 0. The molecule has 16 N–H and O–H groups in total. The van der Waals surface area contributed by atoms with Crippen LogP contribution in [0.5, 0.6) is 0 Å². The molecule has 3 aliphatic rings. The van der Waals surface area contributed by atoms with Crippen LogP contribution >= 0.6 is 0 Å². The summed E-state index contributed by atoms with van der Waals surface area (Å²) in [5, 5.41) is 41.1. The van der Waals surface area contributed by atoms with Crippen molar-refractivity contribution in [2.45, 2.75) is 345 Å². The van der Waals surface area contributed by atoms with E-state index >= 15 is 28.8 Å². The molecule has 0 radical (unpaired) electrons. The van der Waals surface area contributed by atoms with E-state index in [-0.39, 0.29) is 108 Å². The first kappa shape index (κ1) is 101. The lowest BCUT2D eigenvalue weighted by molar-refractivity contribution is -0.144. The normalized spacial score (nSPS) is 21.7. The standard InChI is InChI=1S/C95H145N15O14/c1-6-8-9-10-11-12-13-14-15-16-17-18-33-51-80(113)99-55-38-24-34-52-81(114)100-56-39-36-53-95-73(7-2)85(108-94(95)124)92(122)105-76(89(119)102-70(59-67-41-25-21-26-42-67)61-83(116)104-75(87(97)117)48-35-37-54-96)49-32-20-19-31-47-74(103-82(115)58-65(3)4)79(112)62-72(66(5)111)88(118)106-77(60-71-63-98-64-101-71)90(120)107-86(93(123)110-57-40-50-78(110)91(121)109-95)84(68-43-27-22-28-44-68)69-45-29-23-30-46-69/h21-23,25-30,41-46,63-66,70,72-78,84-86,111H,6-20,24,31-40,47-62,96H2,1-5H3,(H2,97,117)(H,98,101)(H,99,113)(H,100,114)(H,102,119)(H,103,115)(H,104,116)(H,105,122)(H,106,118)(H,107,120)(H,108,124)(H,109,121)/t66-,70+,72+,73+,74+,75-,76+,77+,78+,85+,86+,95+/m1/s1. The number of aromatic nitrogens is 2. The molecule has 3 aromatic carbocycles. The molecule has 1 aromatic heterocycles. The molecule has 4 aromatic rings. The number of rotatable bonds is 47. The molecule has 29 nitrogen and oxygen atoms in total. The minimum Gasteiger partial charge on any atom is -0.393 e. The van der Waals surface area contributed by atoms with E-state index in [2.05, 4.69) is 70.1 Å².